The third kappa shape index (κ3) is 2.13. The molecule has 26 heavy (non-hydrogen) atoms. The van der Waals surface area contributed by atoms with Gasteiger partial charge in [0.1, 0.15) is 0 Å². The van der Waals surface area contributed by atoms with E-state index in [9.17, 15) is 0 Å². The van der Waals surface area contributed by atoms with Crippen LogP contribution in [0.2, 0.25) is 0 Å². The fraction of sp³-hybridized carbons (Fsp3) is 1.00. The molecule has 0 unspecified atom stereocenters. The predicted molar refractivity (Wildman–Crippen MR) is 116 cm³/mol. The van der Waals surface area contributed by atoms with Crippen LogP contribution in [0, 0.1) is 51.8 Å². The Bertz CT molecular complexity index is 577. The molecule has 0 saturated heterocycles. The van der Waals surface area contributed by atoms with E-state index in [4.69, 9.17) is 4.74 Å². The first kappa shape index (κ1) is 18.7. The number of hydrogen-bond donors (Lipinski definition) is 0. The standard InChI is InChI=1S/C24H39IO/c1-5-26-21-12-17-19-7-6-18(15(2)14-25)22(19,3)10-9-20(17)23(4)11-8-16-13-24(16,21)23/h15-21H,5-14H2,1-4H3/t15-,16+,17+,18-,19+,20+,21-,22-,23-,24+/m1/s1. The van der Waals surface area contributed by atoms with Crippen molar-refractivity contribution in [2.24, 2.45) is 51.8 Å². The van der Waals surface area contributed by atoms with Crippen molar-refractivity contribution in [3.05, 3.63) is 0 Å². The smallest absolute Gasteiger partial charge is 0.0642 e. The molecule has 148 valence electrons. The molecule has 5 fully saturated rings. The monoisotopic (exact) mass is 470 g/mol. The van der Waals surface area contributed by atoms with Crippen molar-refractivity contribution in [2.45, 2.75) is 85.2 Å². The number of alkyl halides is 1. The van der Waals surface area contributed by atoms with Gasteiger partial charge in [0, 0.05) is 16.4 Å². The van der Waals surface area contributed by atoms with Crippen LogP contribution >= 0.6 is 22.6 Å². The Labute approximate surface area is 174 Å². The Hall–Kier alpha value is 0.690. The van der Waals surface area contributed by atoms with Crippen LogP contribution in [0.1, 0.15) is 79.1 Å². The van der Waals surface area contributed by atoms with Gasteiger partial charge in [0.25, 0.3) is 0 Å². The topological polar surface area (TPSA) is 9.23 Å². The van der Waals surface area contributed by atoms with Crippen molar-refractivity contribution in [3.63, 3.8) is 0 Å². The fourth-order valence-electron chi connectivity index (χ4n) is 9.77. The molecular weight excluding hydrogens is 431 g/mol. The van der Waals surface area contributed by atoms with E-state index in [1.54, 1.807) is 0 Å². The lowest BCUT2D eigenvalue weighted by atomic mass is 9.45. The van der Waals surface area contributed by atoms with E-state index in [0.29, 0.717) is 22.3 Å². The molecule has 5 saturated carbocycles. The number of ether oxygens (including phenoxy) is 1. The molecule has 0 aromatic carbocycles. The van der Waals surface area contributed by atoms with Gasteiger partial charge in [0.2, 0.25) is 0 Å². The van der Waals surface area contributed by atoms with Gasteiger partial charge < -0.3 is 4.74 Å². The summed E-state index contributed by atoms with van der Waals surface area (Å²) in [6.07, 6.45) is 12.5. The van der Waals surface area contributed by atoms with Gasteiger partial charge in [-0.2, -0.15) is 0 Å². The number of fused-ring (bicyclic) bond motifs is 4. The second kappa shape index (κ2) is 6.09. The molecule has 1 spiro atoms. The van der Waals surface area contributed by atoms with Gasteiger partial charge in [-0.05, 0) is 105 Å². The Balaban J connectivity index is 1.49. The summed E-state index contributed by atoms with van der Waals surface area (Å²) in [5.41, 5.74) is 1.80. The maximum absolute atomic E-state index is 6.53. The summed E-state index contributed by atoms with van der Waals surface area (Å²) in [6.45, 7) is 11.1. The molecule has 2 heteroatoms. The largest absolute Gasteiger partial charge is 0.378 e. The van der Waals surface area contributed by atoms with Crippen LogP contribution in [-0.2, 0) is 4.74 Å². The lowest BCUT2D eigenvalue weighted by Gasteiger charge is -2.61. The molecule has 0 aliphatic heterocycles. The van der Waals surface area contributed by atoms with Gasteiger partial charge in [0.15, 0.2) is 0 Å². The number of rotatable bonds is 4. The fourth-order valence-corrected chi connectivity index (χ4v) is 10.4. The van der Waals surface area contributed by atoms with E-state index < -0.39 is 0 Å². The first-order valence-electron chi connectivity index (χ1n) is 11.6. The highest BCUT2D eigenvalue weighted by molar-refractivity contribution is 14.1. The normalized spacial score (nSPS) is 58.5. The van der Waals surface area contributed by atoms with Gasteiger partial charge in [0.05, 0.1) is 6.10 Å². The highest BCUT2D eigenvalue weighted by atomic mass is 127. The highest BCUT2D eigenvalue weighted by Crippen LogP contribution is 2.82. The van der Waals surface area contributed by atoms with Gasteiger partial charge >= 0.3 is 0 Å². The third-order valence-electron chi connectivity index (χ3n) is 10.9. The van der Waals surface area contributed by atoms with E-state index in [0.717, 1.165) is 42.1 Å². The Morgan fingerprint density at radius 3 is 2.58 bits per heavy atom. The van der Waals surface area contributed by atoms with E-state index in [1.165, 1.54) is 55.8 Å². The Morgan fingerprint density at radius 1 is 1.08 bits per heavy atom. The van der Waals surface area contributed by atoms with Crippen LogP contribution in [0.25, 0.3) is 0 Å². The molecule has 5 rings (SSSR count). The average molecular weight is 470 g/mol. The first-order valence-corrected chi connectivity index (χ1v) is 13.1. The van der Waals surface area contributed by atoms with Crippen molar-refractivity contribution in [2.75, 3.05) is 11.0 Å². The minimum absolute atomic E-state index is 0.578. The van der Waals surface area contributed by atoms with Crippen LogP contribution in [0.15, 0.2) is 0 Å². The maximum atomic E-state index is 6.53. The van der Waals surface area contributed by atoms with Crippen LogP contribution < -0.4 is 0 Å². The SMILES string of the molecule is CCO[C@@H]1C[C@H]2[C@@H]3CC[C@H]([C@H](C)CI)[C@@]3(C)CC[C@@H]2[C@@]2(C)CC[C@H]3C[C@]312. The summed E-state index contributed by atoms with van der Waals surface area (Å²) < 4.78 is 7.87. The van der Waals surface area contributed by atoms with Crippen LogP contribution in [0.4, 0.5) is 0 Å². The molecule has 5 aliphatic rings. The minimum Gasteiger partial charge on any atom is -0.378 e. The average Bonchev–Trinajstić information content (AvgIpc) is 3.14. The quantitative estimate of drug-likeness (QED) is 0.327. The summed E-state index contributed by atoms with van der Waals surface area (Å²) in [5.74, 6) is 5.80. The van der Waals surface area contributed by atoms with E-state index >= 15 is 0 Å². The van der Waals surface area contributed by atoms with Gasteiger partial charge in [-0.15, -0.1) is 0 Å². The summed E-state index contributed by atoms with van der Waals surface area (Å²) in [4.78, 5) is 0. The minimum atomic E-state index is 0.578. The van der Waals surface area contributed by atoms with E-state index in [-0.39, 0.29) is 0 Å². The summed E-state index contributed by atoms with van der Waals surface area (Å²) in [5, 5.41) is 0. The van der Waals surface area contributed by atoms with E-state index in [2.05, 4.69) is 50.3 Å². The summed E-state index contributed by atoms with van der Waals surface area (Å²) in [7, 11) is 0. The van der Waals surface area contributed by atoms with Crippen LogP contribution in [-0.4, -0.2) is 17.1 Å². The zero-order valence-electron chi connectivity index (χ0n) is 17.4. The molecule has 0 N–H and O–H groups in total. The molecule has 1 nitrogen and oxygen atoms in total. The van der Waals surface area contributed by atoms with Crippen molar-refractivity contribution >= 4 is 22.6 Å². The van der Waals surface area contributed by atoms with Gasteiger partial charge in [-0.3, -0.25) is 0 Å². The number of hydrogen-bond acceptors (Lipinski definition) is 1. The first-order chi connectivity index (χ1) is 12.4. The van der Waals surface area contributed by atoms with Crippen molar-refractivity contribution in [1.29, 1.82) is 0 Å². The number of halogens is 1. The van der Waals surface area contributed by atoms with Crippen LogP contribution in [0.3, 0.4) is 0 Å². The molecule has 10 atom stereocenters. The molecule has 0 heterocycles. The molecule has 0 bridgehead atoms. The third-order valence-corrected chi connectivity index (χ3v) is 12.3. The van der Waals surface area contributed by atoms with Crippen molar-refractivity contribution in [3.8, 4) is 0 Å². The molecule has 0 aromatic rings. The molecule has 0 aromatic heterocycles. The van der Waals surface area contributed by atoms with E-state index in [1.807, 2.05) is 0 Å². The van der Waals surface area contributed by atoms with Crippen LogP contribution in [0.5, 0.6) is 0 Å². The summed E-state index contributed by atoms with van der Waals surface area (Å²) in [6, 6.07) is 0. The lowest BCUT2D eigenvalue weighted by molar-refractivity contribution is -0.167. The summed E-state index contributed by atoms with van der Waals surface area (Å²) >= 11 is 2.63. The molecule has 0 radical (unpaired) electrons. The Kier molecular flexibility index (Phi) is 4.38. The Morgan fingerprint density at radius 2 is 1.88 bits per heavy atom. The lowest BCUT2D eigenvalue weighted by Crippen LogP contribution is -2.57. The molecule has 0 amide bonds. The maximum Gasteiger partial charge on any atom is 0.0642 e. The highest BCUT2D eigenvalue weighted by Gasteiger charge is 2.77. The second-order valence-corrected chi connectivity index (χ2v) is 12.2. The predicted octanol–water partition coefficient (Wildman–Crippen LogP) is 6.73. The van der Waals surface area contributed by atoms with Crippen molar-refractivity contribution in [1.82, 2.24) is 0 Å². The zero-order valence-corrected chi connectivity index (χ0v) is 19.6. The van der Waals surface area contributed by atoms with Gasteiger partial charge in [-0.25, -0.2) is 0 Å². The second-order valence-electron chi connectivity index (χ2n) is 11.3. The molecular formula is C24H39IO. The molecule has 5 aliphatic carbocycles. The zero-order chi connectivity index (χ0) is 18.3. The van der Waals surface area contributed by atoms with Gasteiger partial charge in [-0.1, -0.05) is 43.4 Å². The van der Waals surface area contributed by atoms with Crippen molar-refractivity contribution < 1.29 is 4.74 Å².